The number of esters is 1. The Kier molecular flexibility index (Phi) is 6.73. The highest BCUT2D eigenvalue weighted by Crippen LogP contribution is 2.19. The molecule has 0 aliphatic heterocycles. The number of nitrogens with one attached hydrogen (secondary N) is 1. The molecule has 0 unspecified atom stereocenters. The maximum absolute atomic E-state index is 12.4. The van der Waals surface area contributed by atoms with E-state index in [2.05, 4.69) is 5.32 Å². The summed E-state index contributed by atoms with van der Waals surface area (Å²) >= 11 is 0. The lowest BCUT2D eigenvalue weighted by atomic mass is 10.0. The Bertz CT molecular complexity index is 749. The van der Waals surface area contributed by atoms with Crippen LogP contribution in [0.25, 0.3) is 11.1 Å². The van der Waals surface area contributed by atoms with Crippen LogP contribution in [-0.2, 0) is 9.53 Å². The maximum atomic E-state index is 12.4. The molecule has 1 amide bonds. The second kappa shape index (κ2) is 9.24. The predicted molar refractivity (Wildman–Crippen MR) is 94.6 cm³/mol. The molecule has 5 nitrogen and oxygen atoms in total. The monoisotopic (exact) mass is 336 g/mol. The van der Waals surface area contributed by atoms with Crippen LogP contribution in [0.15, 0.2) is 54.6 Å². The number of methoxy groups -OCH3 is 1. The number of nitrogens with zero attached hydrogens (tertiary/aromatic N) is 1. The number of amides is 1. The van der Waals surface area contributed by atoms with Crippen LogP contribution in [0.4, 0.5) is 0 Å². The van der Waals surface area contributed by atoms with Gasteiger partial charge >= 0.3 is 5.97 Å². The Labute approximate surface area is 147 Å². The Morgan fingerprint density at radius 1 is 1.08 bits per heavy atom. The van der Waals surface area contributed by atoms with Crippen molar-refractivity contribution in [3.05, 3.63) is 60.2 Å². The fourth-order valence-electron chi connectivity index (χ4n) is 2.46. The van der Waals surface area contributed by atoms with Gasteiger partial charge in [0.2, 0.25) is 0 Å². The third-order valence-electron chi connectivity index (χ3n) is 3.83. The highest BCUT2D eigenvalue weighted by atomic mass is 16.5. The first-order chi connectivity index (χ1) is 12.2. The molecule has 0 spiro atoms. The Hall–Kier alpha value is -3.13. The fourth-order valence-corrected chi connectivity index (χ4v) is 2.46. The van der Waals surface area contributed by atoms with E-state index >= 15 is 0 Å². The van der Waals surface area contributed by atoms with Gasteiger partial charge < -0.3 is 10.1 Å². The summed E-state index contributed by atoms with van der Waals surface area (Å²) in [5.41, 5.74) is 2.54. The molecule has 2 rings (SSSR count). The summed E-state index contributed by atoms with van der Waals surface area (Å²) in [4.78, 5) is 24.2. The van der Waals surface area contributed by atoms with E-state index in [0.29, 0.717) is 24.8 Å². The highest BCUT2D eigenvalue weighted by Gasteiger charge is 2.21. The summed E-state index contributed by atoms with van der Waals surface area (Å²) in [5, 5.41) is 11.3. The van der Waals surface area contributed by atoms with Gasteiger partial charge in [-0.25, -0.2) is 4.79 Å². The minimum atomic E-state index is -0.750. The molecule has 0 aliphatic carbocycles. The molecule has 2 aromatic carbocycles. The standard InChI is InChI=1S/C20H20N2O3/c1-25-20(24)18(9-5-6-14-21)22-19(23)17-12-10-16(11-13-17)15-7-3-2-4-8-15/h2-4,7-8,10-13,18H,5-6,9H2,1H3,(H,22,23)/t18-/m0/s1. The number of carbonyl (C=O) groups excluding carboxylic acids is 2. The van der Waals surface area contributed by atoms with Crippen molar-refractivity contribution in [2.45, 2.75) is 25.3 Å². The molecule has 0 aliphatic rings. The van der Waals surface area contributed by atoms with E-state index < -0.39 is 12.0 Å². The Morgan fingerprint density at radius 2 is 1.72 bits per heavy atom. The number of ether oxygens (including phenoxy) is 1. The number of hydrogen-bond donors (Lipinski definition) is 1. The molecule has 1 atom stereocenters. The fraction of sp³-hybridized carbons (Fsp3) is 0.250. The quantitative estimate of drug-likeness (QED) is 0.621. The van der Waals surface area contributed by atoms with Crippen LogP contribution < -0.4 is 5.32 Å². The lowest BCUT2D eigenvalue weighted by Crippen LogP contribution is -2.41. The zero-order chi connectivity index (χ0) is 18.1. The van der Waals surface area contributed by atoms with Gasteiger partial charge in [0.05, 0.1) is 13.2 Å². The number of hydrogen-bond acceptors (Lipinski definition) is 4. The van der Waals surface area contributed by atoms with E-state index in [4.69, 9.17) is 10.00 Å². The van der Waals surface area contributed by atoms with Crippen LogP contribution in [0.2, 0.25) is 0 Å². The van der Waals surface area contributed by atoms with Crippen molar-refractivity contribution >= 4 is 11.9 Å². The zero-order valence-electron chi connectivity index (χ0n) is 14.1. The number of nitriles is 1. The van der Waals surface area contributed by atoms with Crippen LogP contribution in [0.3, 0.4) is 0 Å². The summed E-state index contributed by atoms with van der Waals surface area (Å²) in [6.07, 6.45) is 1.21. The molecule has 0 saturated heterocycles. The van der Waals surface area contributed by atoms with E-state index in [9.17, 15) is 9.59 Å². The van der Waals surface area contributed by atoms with Gasteiger partial charge in [0.15, 0.2) is 0 Å². The first-order valence-electron chi connectivity index (χ1n) is 8.07. The van der Waals surface area contributed by atoms with Crippen molar-refractivity contribution in [2.24, 2.45) is 0 Å². The molecule has 0 fully saturated rings. The van der Waals surface area contributed by atoms with Gasteiger partial charge in [-0.2, -0.15) is 5.26 Å². The van der Waals surface area contributed by atoms with Crippen LogP contribution in [0.1, 0.15) is 29.6 Å². The summed E-state index contributed by atoms with van der Waals surface area (Å²) < 4.78 is 4.72. The SMILES string of the molecule is COC(=O)[C@H](CCCC#N)NC(=O)c1ccc(-c2ccccc2)cc1. The summed E-state index contributed by atoms with van der Waals surface area (Å²) in [5.74, 6) is -0.848. The number of unbranched alkanes of at least 4 members (excludes halogenated alkanes) is 1. The lowest BCUT2D eigenvalue weighted by Gasteiger charge is -2.16. The zero-order valence-corrected chi connectivity index (χ0v) is 14.1. The topological polar surface area (TPSA) is 79.2 Å². The molecule has 5 heteroatoms. The van der Waals surface area contributed by atoms with E-state index in [1.165, 1.54) is 7.11 Å². The van der Waals surface area contributed by atoms with Crippen LogP contribution in [0, 0.1) is 11.3 Å². The van der Waals surface area contributed by atoms with E-state index in [-0.39, 0.29) is 5.91 Å². The molecular weight excluding hydrogens is 316 g/mol. The molecule has 0 aromatic heterocycles. The molecule has 128 valence electrons. The minimum absolute atomic E-state index is 0.329. The average molecular weight is 336 g/mol. The number of carbonyl (C=O) groups is 2. The van der Waals surface area contributed by atoms with Crippen LogP contribution in [0.5, 0.6) is 0 Å². The molecule has 0 bridgehead atoms. The molecular formula is C20H20N2O3. The van der Waals surface area contributed by atoms with E-state index in [1.54, 1.807) is 12.1 Å². The maximum Gasteiger partial charge on any atom is 0.328 e. The highest BCUT2D eigenvalue weighted by molar-refractivity contribution is 5.97. The Balaban J connectivity index is 2.05. The van der Waals surface area contributed by atoms with Crippen molar-refractivity contribution in [1.82, 2.24) is 5.32 Å². The summed E-state index contributed by atoms with van der Waals surface area (Å²) in [6.45, 7) is 0. The minimum Gasteiger partial charge on any atom is -0.467 e. The first kappa shape index (κ1) is 18.2. The van der Waals surface area contributed by atoms with Gasteiger partial charge in [0.25, 0.3) is 5.91 Å². The second-order valence-electron chi connectivity index (χ2n) is 5.54. The van der Waals surface area contributed by atoms with Gasteiger partial charge in [-0.3, -0.25) is 4.79 Å². The molecule has 25 heavy (non-hydrogen) atoms. The van der Waals surface area contributed by atoms with Crippen molar-refractivity contribution in [3.63, 3.8) is 0 Å². The molecule has 1 N–H and O–H groups in total. The third kappa shape index (κ3) is 5.18. The molecule has 2 aromatic rings. The molecule has 0 heterocycles. The normalized spacial score (nSPS) is 11.2. The van der Waals surface area contributed by atoms with Gasteiger partial charge in [0, 0.05) is 12.0 Å². The second-order valence-corrected chi connectivity index (χ2v) is 5.54. The van der Waals surface area contributed by atoms with Crippen LogP contribution >= 0.6 is 0 Å². The summed E-state index contributed by atoms with van der Waals surface area (Å²) in [6, 6.07) is 18.3. The average Bonchev–Trinajstić information content (AvgIpc) is 2.67. The van der Waals surface area contributed by atoms with E-state index in [1.807, 2.05) is 48.5 Å². The van der Waals surface area contributed by atoms with Gasteiger partial charge in [-0.1, -0.05) is 42.5 Å². The largest absolute Gasteiger partial charge is 0.467 e. The van der Waals surface area contributed by atoms with Gasteiger partial charge in [-0.15, -0.1) is 0 Å². The van der Waals surface area contributed by atoms with Crippen LogP contribution in [-0.4, -0.2) is 25.0 Å². The summed E-state index contributed by atoms with van der Waals surface area (Å²) in [7, 11) is 1.28. The van der Waals surface area contributed by atoms with Gasteiger partial charge in [0.1, 0.15) is 6.04 Å². The smallest absolute Gasteiger partial charge is 0.328 e. The van der Waals surface area contributed by atoms with E-state index in [0.717, 1.165) is 11.1 Å². The first-order valence-corrected chi connectivity index (χ1v) is 8.07. The van der Waals surface area contributed by atoms with Crippen molar-refractivity contribution in [3.8, 4) is 17.2 Å². The Morgan fingerprint density at radius 3 is 2.32 bits per heavy atom. The molecule has 0 saturated carbocycles. The van der Waals surface area contributed by atoms with Crippen molar-refractivity contribution < 1.29 is 14.3 Å². The number of rotatable bonds is 7. The van der Waals surface area contributed by atoms with Crippen molar-refractivity contribution in [1.29, 1.82) is 5.26 Å². The predicted octanol–water partition coefficient (Wildman–Crippen LogP) is 3.32. The van der Waals surface area contributed by atoms with Gasteiger partial charge in [-0.05, 0) is 36.1 Å². The lowest BCUT2D eigenvalue weighted by molar-refractivity contribution is -0.143. The van der Waals surface area contributed by atoms with Crippen molar-refractivity contribution in [2.75, 3.05) is 7.11 Å². The third-order valence-corrected chi connectivity index (χ3v) is 3.83. The molecule has 0 radical (unpaired) electrons. The number of benzene rings is 2.